The highest BCUT2D eigenvalue weighted by Crippen LogP contribution is 2.30. The Hall–Kier alpha value is -1.37. The van der Waals surface area contributed by atoms with E-state index in [1.165, 1.54) is 0 Å². The Balaban J connectivity index is 2.36. The minimum absolute atomic E-state index is 0.648. The Morgan fingerprint density at radius 3 is 2.47 bits per heavy atom. The molecule has 5 heteroatoms. The van der Waals surface area contributed by atoms with Gasteiger partial charge in [0.1, 0.15) is 5.75 Å². The molecular formula is C12H12IN3O. The first-order chi connectivity index (χ1) is 8.22. The van der Waals surface area contributed by atoms with Gasteiger partial charge in [0.25, 0.3) is 0 Å². The second-order valence-electron chi connectivity index (χ2n) is 3.43. The summed E-state index contributed by atoms with van der Waals surface area (Å²) in [5.41, 5.74) is 0.941. The van der Waals surface area contributed by atoms with E-state index in [1.54, 1.807) is 19.5 Å². The van der Waals surface area contributed by atoms with Gasteiger partial charge < -0.3 is 9.64 Å². The molecule has 0 saturated carbocycles. The molecule has 0 aliphatic heterocycles. The van der Waals surface area contributed by atoms with Gasteiger partial charge in [0.2, 0.25) is 5.95 Å². The van der Waals surface area contributed by atoms with Gasteiger partial charge in [0.05, 0.1) is 12.8 Å². The summed E-state index contributed by atoms with van der Waals surface area (Å²) >= 11 is 2.18. The maximum atomic E-state index is 5.31. The molecule has 2 aromatic rings. The third-order valence-corrected chi connectivity index (χ3v) is 2.91. The van der Waals surface area contributed by atoms with Crippen LogP contribution in [0.3, 0.4) is 0 Å². The van der Waals surface area contributed by atoms with Crippen LogP contribution in [0.5, 0.6) is 5.75 Å². The van der Waals surface area contributed by atoms with Crippen LogP contribution in [0.1, 0.15) is 0 Å². The molecule has 2 rings (SSSR count). The van der Waals surface area contributed by atoms with Crippen LogP contribution in [0.15, 0.2) is 36.7 Å². The SMILES string of the molecule is COc1ccccc1N(C)c1ncc(I)cn1. The molecule has 4 nitrogen and oxygen atoms in total. The van der Waals surface area contributed by atoms with Crippen LogP contribution in [0.25, 0.3) is 0 Å². The molecule has 0 atom stereocenters. The lowest BCUT2D eigenvalue weighted by molar-refractivity contribution is 0.415. The second kappa shape index (κ2) is 5.31. The van der Waals surface area contributed by atoms with E-state index < -0.39 is 0 Å². The van der Waals surface area contributed by atoms with Gasteiger partial charge >= 0.3 is 0 Å². The predicted molar refractivity (Wildman–Crippen MR) is 75.8 cm³/mol. The van der Waals surface area contributed by atoms with Crippen LogP contribution in [0.4, 0.5) is 11.6 Å². The van der Waals surface area contributed by atoms with Crippen molar-refractivity contribution in [3.8, 4) is 5.75 Å². The molecule has 0 radical (unpaired) electrons. The Labute approximate surface area is 114 Å². The number of nitrogens with zero attached hydrogens (tertiary/aromatic N) is 3. The minimum Gasteiger partial charge on any atom is -0.495 e. The van der Waals surface area contributed by atoms with Gasteiger partial charge in [-0.25, -0.2) is 9.97 Å². The summed E-state index contributed by atoms with van der Waals surface area (Å²) in [6.45, 7) is 0. The molecule has 0 saturated heterocycles. The van der Waals surface area contributed by atoms with Gasteiger partial charge in [-0.2, -0.15) is 0 Å². The monoisotopic (exact) mass is 341 g/mol. The molecule has 0 aliphatic carbocycles. The number of halogens is 1. The van der Waals surface area contributed by atoms with Crippen molar-refractivity contribution in [3.05, 3.63) is 40.2 Å². The lowest BCUT2D eigenvalue weighted by Gasteiger charge is -2.19. The minimum atomic E-state index is 0.648. The fourth-order valence-corrected chi connectivity index (χ4v) is 1.77. The van der Waals surface area contributed by atoms with E-state index in [0.717, 1.165) is 15.0 Å². The third kappa shape index (κ3) is 2.66. The van der Waals surface area contributed by atoms with Gasteiger partial charge in [-0.3, -0.25) is 0 Å². The van der Waals surface area contributed by atoms with Gasteiger partial charge in [-0.15, -0.1) is 0 Å². The van der Waals surface area contributed by atoms with E-state index >= 15 is 0 Å². The van der Waals surface area contributed by atoms with Crippen LogP contribution < -0.4 is 9.64 Å². The van der Waals surface area contributed by atoms with Crippen molar-refractivity contribution in [3.63, 3.8) is 0 Å². The van der Waals surface area contributed by atoms with Crippen molar-refractivity contribution in [2.24, 2.45) is 0 Å². The highest BCUT2D eigenvalue weighted by atomic mass is 127. The first-order valence-electron chi connectivity index (χ1n) is 5.06. The Kier molecular flexibility index (Phi) is 3.78. The van der Waals surface area contributed by atoms with Gasteiger partial charge in [0, 0.05) is 23.0 Å². The molecule has 17 heavy (non-hydrogen) atoms. The maximum Gasteiger partial charge on any atom is 0.229 e. The van der Waals surface area contributed by atoms with Crippen LogP contribution in [-0.4, -0.2) is 24.1 Å². The molecule has 1 aromatic heterocycles. The van der Waals surface area contributed by atoms with Crippen LogP contribution >= 0.6 is 22.6 Å². The molecule has 88 valence electrons. The first kappa shape index (κ1) is 12.1. The zero-order chi connectivity index (χ0) is 12.3. The number of para-hydroxylation sites is 2. The number of hydrogen-bond acceptors (Lipinski definition) is 4. The smallest absolute Gasteiger partial charge is 0.229 e. The van der Waals surface area contributed by atoms with Crippen molar-refractivity contribution in [1.82, 2.24) is 9.97 Å². The number of benzene rings is 1. The molecule has 0 fully saturated rings. The zero-order valence-electron chi connectivity index (χ0n) is 9.59. The van der Waals surface area contributed by atoms with Crippen molar-refractivity contribution >= 4 is 34.2 Å². The molecule has 0 aliphatic rings. The van der Waals surface area contributed by atoms with Crippen molar-refractivity contribution in [2.45, 2.75) is 0 Å². The Morgan fingerprint density at radius 1 is 1.18 bits per heavy atom. The lowest BCUT2D eigenvalue weighted by Crippen LogP contribution is -2.13. The van der Waals surface area contributed by atoms with Crippen molar-refractivity contribution in [1.29, 1.82) is 0 Å². The standard InChI is InChI=1S/C12H12IN3O/c1-16(12-14-7-9(13)8-15-12)10-5-3-4-6-11(10)17-2/h3-8H,1-2H3. The summed E-state index contributed by atoms with van der Waals surface area (Å²) in [4.78, 5) is 10.5. The third-order valence-electron chi connectivity index (χ3n) is 2.35. The average Bonchev–Trinajstić information content (AvgIpc) is 2.39. The van der Waals surface area contributed by atoms with E-state index in [2.05, 4.69) is 32.6 Å². The van der Waals surface area contributed by atoms with Crippen LogP contribution in [0, 0.1) is 3.57 Å². The molecule has 0 bridgehead atoms. The van der Waals surface area contributed by atoms with E-state index in [9.17, 15) is 0 Å². The van der Waals surface area contributed by atoms with Gasteiger partial charge in [-0.1, -0.05) is 12.1 Å². The molecular weight excluding hydrogens is 329 g/mol. The van der Waals surface area contributed by atoms with E-state index in [4.69, 9.17) is 4.74 Å². The van der Waals surface area contributed by atoms with Crippen LogP contribution in [0.2, 0.25) is 0 Å². The lowest BCUT2D eigenvalue weighted by atomic mass is 10.3. The topological polar surface area (TPSA) is 38.2 Å². The highest BCUT2D eigenvalue weighted by Gasteiger charge is 2.11. The average molecular weight is 341 g/mol. The summed E-state index contributed by atoms with van der Waals surface area (Å²) < 4.78 is 6.33. The Bertz CT molecular complexity index is 501. The van der Waals surface area contributed by atoms with E-state index in [1.807, 2.05) is 36.2 Å². The molecule has 0 N–H and O–H groups in total. The fourth-order valence-electron chi connectivity index (χ4n) is 1.49. The molecule has 1 aromatic carbocycles. The number of rotatable bonds is 3. The summed E-state index contributed by atoms with van der Waals surface area (Å²) in [6, 6.07) is 7.78. The highest BCUT2D eigenvalue weighted by molar-refractivity contribution is 14.1. The summed E-state index contributed by atoms with van der Waals surface area (Å²) in [6.07, 6.45) is 3.57. The van der Waals surface area contributed by atoms with Gasteiger partial charge in [-0.05, 0) is 34.7 Å². The van der Waals surface area contributed by atoms with E-state index in [-0.39, 0.29) is 0 Å². The largest absolute Gasteiger partial charge is 0.495 e. The molecule has 0 amide bonds. The summed E-state index contributed by atoms with van der Waals surface area (Å²) in [5, 5.41) is 0. The Morgan fingerprint density at radius 2 is 1.82 bits per heavy atom. The van der Waals surface area contributed by atoms with Crippen molar-refractivity contribution in [2.75, 3.05) is 19.1 Å². The molecule has 0 spiro atoms. The first-order valence-corrected chi connectivity index (χ1v) is 6.14. The number of ether oxygens (including phenoxy) is 1. The van der Waals surface area contributed by atoms with E-state index in [0.29, 0.717) is 5.95 Å². The quantitative estimate of drug-likeness (QED) is 0.805. The zero-order valence-corrected chi connectivity index (χ0v) is 11.7. The van der Waals surface area contributed by atoms with Gasteiger partial charge in [0.15, 0.2) is 0 Å². The molecule has 0 unspecified atom stereocenters. The fraction of sp³-hybridized carbons (Fsp3) is 0.167. The molecule has 1 heterocycles. The number of methoxy groups -OCH3 is 1. The number of aromatic nitrogens is 2. The summed E-state index contributed by atoms with van der Waals surface area (Å²) in [5.74, 6) is 1.45. The van der Waals surface area contributed by atoms with Crippen molar-refractivity contribution < 1.29 is 4.74 Å². The van der Waals surface area contributed by atoms with Crippen LogP contribution in [-0.2, 0) is 0 Å². The number of anilines is 2. The number of hydrogen-bond donors (Lipinski definition) is 0. The second-order valence-corrected chi connectivity index (χ2v) is 4.68. The summed E-state index contributed by atoms with van der Waals surface area (Å²) in [7, 11) is 3.57. The predicted octanol–water partition coefficient (Wildman–Crippen LogP) is 2.86. The normalized spacial score (nSPS) is 10.1. The maximum absolute atomic E-state index is 5.31.